The van der Waals surface area contributed by atoms with Crippen molar-refractivity contribution in [2.45, 2.75) is 51.1 Å². The van der Waals surface area contributed by atoms with Crippen LogP contribution in [0.1, 0.15) is 75.2 Å². The minimum atomic E-state index is -0.253. The van der Waals surface area contributed by atoms with Crippen LogP contribution in [-0.2, 0) is 11.3 Å². The van der Waals surface area contributed by atoms with Gasteiger partial charge in [-0.05, 0) is 111 Å². The number of hydrogen-bond acceptors (Lipinski definition) is 6. The van der Waals surface area contributed by atoms with Crippen LogP contribution in [0.15, 0.2) is 66.7 Å². The maximum atomic E-state index is 13.5. The SMILES string of the molecule is NCCCC1CCN(C(=O)c2ccc(NC(=O)c3ccc(CN(C(=O)c4ccc5c(c4)OCC(=O)N5)C4CC4)cc3)cc2)CC1. The van der Waals surface area contributed by atoms with Gasteiger partial charge >= 0.3 is 0 Å². The van der Waals surface area contributed by atoms with Gasteiger partial charge in [-0.1, -0.05) is 12.1 Å². The van der Waals surface area contributed by atoms with Crippen molar-refractivity contribution < 1.29 is 23.9 Å². The second kappa shape index (κ2) is 13.5. The molecule has 45 heavy (non-hydrogen) atoms. The molecule has 3 aromatic rings. The van der Waals surface area contributed by atoms with E-state index in [0.29, 0.717) is 52.8 Å². The smallest absolute Gasteiger partial charge is 0.262 e. The molecule has 10 nitrogen and oxygen atoms in total. The molecule has 2 aliphatic heterocycles. The lowest BCUT2D eigenvalue weighted by atomic mass is 9.92. The summed E-state index contributed by atoms with van der Waals surface area (Å²) in [6.07, 6.45) is 6.08. The van der Waals surface area contributed by atoms with Crippen LogP contribution in [0, 0.1) is 5.92 Å². The largest absolute Gasteiger partial charge is 0.482 e. The van der Waals surface area contributed by atoms with Crippen molar-refractivity contribution in [2.75, 3.05) is 36.9 Å². The maximum Gasteiger partial charge on any atom is 0.262 e. The number of rotatable bonds is 10. The molecule has 1 saturated carbocycles. The molecule has 0 unspecified atom stereocenters. The van der Waals surface area contributed by atoms with E-state index in [9.17, 15) is 19.2 Å². The van der Waals surface area contributed by atoms with Gasteiger partial charge in [0.1, 0.15) is 5.75 Å². The number of likely N-dealkylation sites (tertiary alicyclic amines) is 1. The molecule has 0 radical (unpaired) electrons. The first kappa shape index (κ1) is 30.3. The number of nitrogens with zero attached hydrogens (tertiary/aromatic N) is 2. The average Bonchev–Trinajstić information content (AvgIpc) is 3.92. The van der Waals surface area contributed by atoms with Crippen LogP contribution in [0.3, 0.4) is 0 Å². The Hall–Kier alpha value is -4.70. The summed E-state index contributed by atoms with van der Waals surface area (Å²) in [5, 5.41) is 5.65. The zero-order valence-electron chi connectivity index (χ0n) is 25.3. The maximum absolute atomic E-state index is 13.5. The number of amides is 4. The van der Waals surface area contributed by atoms with Crippen molar-refractivity contribution in [2.24, 2.45) is 11.7 Å². The Bertz CT molecular complexity index is 1560. The molecule has 2 fully saturated rings. The summed E-state index contributed by atoms with van der Waals surface area (Å²) in [6, 6.07) is 19.5. The van der Waals surface area contributed by atoms with Gasteiger partial charge in [-0.15, -0.1) is 0 Å². The third-order valence-electron chi connectivity index (χ3n) is 8.79. The van der Waals surface area contributed by atoms with Crippen molar-refractivity contribution in [3.05, 3.63) is 89.0 Å². The van der Waals surface area contributed by atoms with Crippen molar-refractivity contribution in [3.8, 4) is 5.75 Å². The fourth-order valence-corrected chi connectivity index (χ4v) is 6.00. The number of piperidine rings is 1. The lowest BCUT2D eigenvalue weighted by Gasteiger charge is -2.32. The summed E-state index contributed by atoms with van der Waals surface area (Å²) >= 11 is 0. The molecule has 234 valence electrons. The van der Waals surface area contributed by atoms with Gasteiger partial charge in [0.05, 0.1) is 5.69 Å². The van der Waals surface area contributed by atoms with E-state index in [4.69, 9.17) is 10.5 Å². The molecule has 3 aromatic carbocycles. The van der Waals surface area contributed by atoms with Crippen LogP contribution in [0.2, 0.25) is 0 Å². The fraction of sp³-hybridized carbons (Fsp3) is 0.371. The number of benzene rings is 3. The number of carbonyl (C=O) groups excluding carboxylic acids is 4. The average molecular weight is 610 g/mol. The van der Waals surface area contributed by atoms with Crippen LogP contribution in [0.5, 0.6) is 5.75 Å². The number of carbonyl (C=O) groups is 4. The van der Waals surface area contributed by atoms with Gasteiger partial charge in [-0.3, -0.25) is 19.2 Å². The highest BCUT2D eigenvalue weighted by Crippen LogP contribution is 2.33. The van der Waals surface area contributed by atoms with E-state index in [2.05, 4.69) is 10.6 Å². The number of fused-ring (bicyclic) bond motifs is 1. The lowest BCUT2D eigenvalue weighted by Crippen LogP contribution is -2.38. The summed E-state index contributed by atoms with van der Waals surface area (Å²) in [4.78, 5) is 54.8. The Morgan fingerprint density at radius 2 is 1.60 bits per heavy atom. The van der Waals surface area contributed by atoms with E-state index in [1.165, 1.54) is 0 Å². The first-order valence-corrected chi connectivity index (χ1v) is 15.8. The normalized spacial score (nSPS) is 16.3. The molecule has 4 N–H and O–H groups in total. The minimum absolute atomic E-state index is 0.0212. The molecule has 1 aliphatic carbocycles. The molecule has 0 atom stereocenters. The number of anilines is 2. The Kier molecular flexibility index (Phi) is 9.11. The molecule has 0 bridgehead atoms. The second-order valence-electron chi connectivity index (χ2n) is 12.1. The van der Waals surface area contributed by atoms with Crippen LogP contribution in [-0.4, -0.2) is 65.7 Å². The Morgan fingerprint density at radius 3 is 2.29 bits per heavy atom. The third-order valence-corrected chi connectivity index (χ3v) is 8.79. The Balaban J connectivity index is 1.03. The summed E-state index contributed by atoms with van der Waals surface area (Å²) in [5.74, 6) is 0.582. The molecule has 1 saturated heterocycles. The molecule has 0 aromatic heterocycles. The Labute approximate surface area is 262 Å². The molecule has 3 aliphatic rings. The van der Waals surface area contributed by atoms with Gasteiger partial charge in [0.2, 0.25) is 0 Å². The predicted octanol–water partition coefficient (Wildman–Crippen LogP) is 4.67. The lowest BCUT2D eigenvalue weighted by molar-refractivity contribution is -0.118. The van der Waals surface area contributed by atoms with Gasteiger partial charge in [0.15, 0.2) is 6.61 Å². The van der Waals surface area contributed by atoms with Crippen molar-refractivity contribution >= 4 is 35.0 Å². The van der Waals surface area contributed by atoms with Crippen molar-refractivity contribution in [1.29, 1.82) is 0 Å². The standard InChI is InChI=1S/C35H39N5O5/c36-17-1-2-23-15-18-39(19-16-23)34(43)26-7-10-28(11-8-26)37-33(42)25-5-3-24(4-6-25)21-40(29-12-13-29)35(44)27-9-14-30-31(20-27)45-22-32(41)38-30/h3-11,14,20,23,29H,1-2,12-13,15-19,21-22,36H2,(H,37,42)(H,38,41). The van der Waals surface area contributed by atoms with E-state index < -0.39 is 0 Å². The van der Waals surface area contributed by atoms with Gasteiger partial charge in [-0.2, -0.15) is 0 Å². The van der Waals surface area contributed by atoms with Crippen LogP contribution in [0.25, 0.3) is 0 Å². The quantitative estimate of drug-likeness (QED) is 0.306. The van der Waals surface area contributed by atoms with Crippen LogP contribution in [0.4, 0.5) is 11.4 Å². The molecule has 0 spiro atoms. The molecule has 6 rings (SSSR count). The number of hydrogen-bond donors (Lipinski definition) is 3. The Morgan fingerprint density at radius 1 is 0.911 bits per heavy atom. The highest BCUT2D eigenvalue weighted by Gasteiger charge is 2.33. The highest BCUT2D eigenvalue weighted by atomic mass is 16.5. The molecule has 10 heteroatoms. The monoisotopic (exact) mass is 609 g/mol. The van der Waals surface area contributed by atoms with Crippen LogP contribution >= 0.6 is 0 Å². The summed E-state index contributed by atoms with van der Waals surface area (Å²) in [5.41, 5.74) is 9.33. The fourth-order valence-electron chi connectivity index (χ4n) is 6.00. The number of nitrogens with one attached hydrogen (secondary N) is 2. The van der Waals surface area contributed by atoms with Gasteiger partial charge < -0.3 is 30.9 Å². The first-order valence-electron chi connectivity index (χ1n) is 15.8. The third kappa shape index (κ3) is 7.34. The predicted molar refractivity (Wildman–Crippen MR) is 171 cm³/mol. The number of nitrogens with two attached hydrogens (primary N) is 1. The summed E-state index contributed by atoms with van der Waals surface area (Å²) in [6.45, 7) is 2.59. The van der Waals surface area contributed by atoms with Gasteiger partial charge in [0, 0.05) is 48.1 Å². The second-order valence-corrected chi connectivity index (χ2v) is 12.1. The minimum Gasteiger partial charge on any atom is -0.482 e. The first-order chi connectivity index (χ1) is 21.9. The molecule has 4 amide bonds. The van der Waals surface area contributed by atoms with Gasteiger partial charge in [0.25, 0.3) is 23.6 Å². The molecular formula is C35H39N5O5. The van der Waals surface area contributed by atoms with E-state index >= 15 is 0 Å². The van der Waals surface area contributed by atoms with E-state index in [0.717, 1.165) is 57.2 Å². The van der Waals surface area contributed by atoms with E-state index in [1.54, 1.807) is 54.6 Å². The van der Waals surface area contributed by atoms with Crippen molar-refractivity contribution in [1.82, 2.24) is 9.80 Å². The molecular weight excluding hydrogens is 570 g/mol. The zero-order valence-corrected chi connectivity index (χ0v) is 25.3. The number of ether oxygens (including phenoxy) is 1. The topological polar surface area (TPSA) is 134 Å². The summed E-state index contributed by atoms with van der Waals surface area (Å²) in [7, 11) is 0. The summed E-state index contributed by atoms with van der Waals surface area (Å²) < 4.78 is 5.49. The van der Waals surface area contributed by atoms with E-state index in [1.807, 2.05) is 21.9 Å². The van der Waals surface area contributed by atoms with Crippen LogP contribution < -0.4 is 21.1 Å². The van der Waals surface area contributed by atoms with Gasteiger partial charge in [-0.25, -0.2) is 0 Å². The molecule has 2 heterocycles. The van der Waals surface area contributed by atoms with E-state index in [-0.39, 0.29) is 36.3 Å². The van der Waals surface area contributed by atoms with Crippen molar-refractivity contribution in [3.63, 3.8) is 0 Å². The highest BCUT2D eigenvalue weighted by molar-refractivity contribution is 6.04. The zero-order chi connectivity index (χ0) is 31.3.